The Hall–Kier alpha value is -3.46. The van der Waals surface area contributed by atoms with Gasteiger partial charge in [-0.05, 0) is 44.3 Å². The van der Waals surface area contributed by atoms with Gasteiger partial charge in [-0.1, -0.05) is 0 Å². The van der Waals surface area contributed by atoms with Crippen LogP contribution in [-0.4, -0.2) is 67.7 Å². The summed E-state index contributed by atoms with van der Waals surface area (Å²) in [6.07, 6.45) is 0. The van der Waals surface area contributed by atoms with Crippen LogP contribution in [0.4, 0.5) is 16.0 Å². The summed E-state index contributed by atoms with van der Waals surface area (Å²) >= 11 is 0. The zero-order valence-corrected chi connectivity index (χ0v) is 18.4. The molecule has 32 heavy (non-hydrogen) atoms. The van der Waals surface area contributed by atoms with Gasteiger partial charge in [0.2, 0.25) is 5.95 Å². The Kier molecular flexibility index (Phi) is 6.36. The van der Waals surface area contributed by atoms with Crippen LogP contribution in [0.2, 0.25) is 0 Å². The Morgan fingerprint density at radius 2 is 1.91 bits per heavy atom. The fourth-order valence-electron chi connectivity index (χ4n) is 3.56. The molecule has 1 N–H and O–H groups in total. The van der Waals surface area contributed by atoms with Crippen LogP contribution in [0, 0.1) is 12.7 Å². The summed E-state index contributed by atoms with van der Waals surface area (Å²) in [7, 11) is 3.56. The highest BCUT2D eigenvalue weighted by Gasteiger charge is 2.18. The third kappa shape index (κ3) is 4.88. The van der Waals surface area contributed by atoms with Crippen molar-refractivity contribution < 1.29 is 18.7 Å². The zero-order chi connectivity index (χ0) is 22.7. The van der Waals surface area contributed by atoms with E-state index in [0.29, 0.717) is 11.4 Å². The molecule has 1 aliphatic heterocycles. The highest BCUT2D eigenvalue weighted by atomic mass is 19.1. The van der Waals surface area contributed by atoms with Crippen LogP contribution in [0.15, 0.2) is 36.4 Å². The number of likely N-dealkylation sites (N-methyl/N-ethyl adjacent to an activating group) is 1. The number of rotatable bonds is 6. The summed E-state index contributed by atoms with van der Waals surface area (Å²) in [6, 6.07) is 9.69. The molecular weight excluding hydrogens is 413 g/mol. The fraction of sp³-hybridized carbons (Fsp3) is 0.348. The molecule has 8 nitrogen and oxygen atoms in total. The Bertz CT molecular complexity index is 1130. The number of methoxy groups -OCH3 is 1. The van der Waals surface area contributed by atoms with E-state index in [1.54, 1.807) is 12.1 Å². The molecule has 0 saturated carbocycles. The van der Waals surface area contributed by atoms with Gasteiger partial charge in [0.05, 0.1) is 18.3 Å². The van der Waals surface area contributed by atoms with Gasteiger partial charge in [0.1, 0.15) is 5.75 Å². The van der Waals surface area contributed by atoms with Gasteiger partial charge in [-0.2, -0.15) is 0 Å². The third-order valence-electron chi connectivity index (χ3n) is 5.44. The molecule has 0 aliphatic carbocycles. The maximum absolute atomic E-state index is 14.0. The molecule has 1 saturated heterocycles. The molecule has 4 rings (SSSR count). The van der Waals surface area contributed by atoms with Crippen molar-refractivity contribution in [1.29, 1.82) is 0 Å². The van der Waals surface area contributed by atoms with E-state index in [1.807, 2.05) is 19.1 Å². The number of benzene rings is 2. The fourth-order valence-corrected chi connectivity index (χ4v) is 3.56. The number of carbonyl (C=O) groups excluding carboxylic acids is 1. The van der Waals surface area contributed by atoms with Crippen molar-refractivity contribution in [3.63, 3.8) is 0 Å². The van der Waals surface area contributed by atoms with Crippen LogP contribution in [0.1, 0.15) is 5.69 Å². The molecule has 9 heteroatoms. The number of piperazine rings is 1. The smallest absolute Gasteiger partial charge is 0.262 e. The summed E-state index contributed by atoms with van der Waals surface area (Å²) in [5, 5.41) is 3.64. The molecule has 3 aromatic rings. The lowest BCUT2D eigenvalue weighted by Gasteiger charge is -2.32. The summed E-state index contributed by atoms with van der Waals surface area (Å²) < 4.78 is 24.2. The van der Waals surface area contributed by atoms with E-state index < -0.39 is 11.7 Å². The van der Waals surface area contributed by atoms with Crippen molar-refractivity contribution in [2.75, 3.05) is 57.2 Å². The average Bonchev–Trinajstić information content (AvgIpc) is 2.79. The third-order valence-corrected chi connectivity index (χ3v) is 5.44. The summed E-state index contributed by atoms with van der Waals surface area (Å²) in [5.41, 5.74) is 2.26. The number of anilines is 2. The number of aromatic nitrogens is 2. The second-order valence-electron chi connectivity index (χ2n) is 7.76. The molecule has 2 heterocycles. The van der Waals surface area contributed by atoms with Crippen molar-refractivity contribution in [3.05, 3.63) is 47.9 Å². The van der Waals surface area contributed by atoms with Gasteiger partial charge in [-0.3, -0.25) is 4.79 Å². The molecule has 0 radical (unpaired) electrons. The minimum atomic E-state index is -0.591. The Morgan fingerprint density at radius 3 is 2.62 bits per heavy atom. The van der Waals surface area contributed by atoms with Crippen molar-refractivity contribution in [2.45, 2.75) is 6.92 Å². The van der Waals surface area contributed by atoms with E-state index in [0.717, 1.165) is 48.7 Å². The number of nitrogens with zero attached hydrogens (tertiary/aromatic N) is 4. The van der Waals surface area contributed by atoms with E-state index in [4.69, 9.17) is 14.5 Å². The zero-order valence-electron chi connectivity index (χ0n) is 18.4. The van der Waals surface area contributed by atoms with Crippen molar-refractivity contribution in [3.8, 4) is 11.5 Å². The largest absolute Gasteiger partial charge is 0.497 e. The molecule has 168 valence electrons. The van der Waals surface area contributed by atoms with Crippen LogP contribution < -0.4 is 19.7 Å². The molecule has 0 unspecified atom stereocenters. The molecular formula is C23H26FN5O3. The normalized spacial score (nSPS) is 14.4. The number of fused-ring (bicyclic) bond motifs is 1. The van der Waals surface area contributed by atoms with Crippen LogP contribution >= 0.6 is 0 Å². The van der Waals surface area contributed by atoms with Crippen molar-refractivity contribution >= 4 is 28.4 Å². The van der Waals surface area contributed by atoms with E-state index in [9.17, 15) is 9.18 Å². The quantitative estimate of drug-likeness (QED) is 0.633. The number of halogens is 1. The van der Waals surface area contributed by atoms with Crippen molar-refractivity contribution in [1.82, 2.24) is 14.9 Å². The minimum Gasteiger partial charge on any atom is -0.497 e. The first-order valence-electron chi connectivity index (χ1n) is 10.4. The summed E-state index contributed by atoms with van der Waals surface area (Å²) in [6.45, 7) is 5.36. The standard InChI is InChI=1S/C23H26FN5O3/c1-15-18-12-16(26-22(30)14-32-21-7-5-17(31-3)13-19(21)24)4-6-20(18)27-23(25-15)29-10-8-28(2)9-11-29/h4-7,12-13H,8-11,14H2,1-3H3,(H,26,30). The average molecular weight is 439 g/mol. The predicted octanol–water partition coefficient (Wildman–Crippen LogP) is 2.86. The highest BCUT2D eigenvalue weighted by molar-refractivity contribution is 5.95. The Balaban J connectivity index is 1.42. The second-order valence-corrected chi connectivity index (χ2v) is 7.76. The van der Waals surface area contributed by atoms with Gasteiger partial charge in [0.25, 0.3) is 5.91 Å². The first-order valence-corrected chi connectivity index (χ1v) is 10.4. The van der Waals surface area contributed by atoms with Crippen LogP contribution in [0.3, 0.4) is 0 Å². The number of amides is 1. The number of hydrogen-bond donors (Lipinski definition) is 1. The number of hydrogen-bond acceptors (Lipinski definition) is 7. The molecule has 1 aromatic heterocycles. The minimum absolute atomic E-state index is 0.0138. The van der Waals surface area contributed by atoms with E-state index in [1.165, 1.54) is 19.2 Å². The number of carbonyl (C=O) groups is 1. The second kappa shape index (κ2) is 9.35. The van der Waals surface area contributed by atoms with Crippen LogP contribution in [0.25, 0.3) is 10.9 Å². The maximum Gasteiger partial charge on any atom is 0.262 e. The van der Waals surface area contributed by atoms with E-state index in [-0.39, 0.29) is 12.4 Å². The van der Waals surface area contributed by atoms with Crippen molar-refractivity contribution in [2.24, 2.45) is 0 Å². The topological polar surface area (TPSA) is 79.8 Å². The first kappa shape index (κ1) is 21.8. The Morgan fingerprint density at radius 1 is 1.12 bits per heavy atom. The lowest BCUT2D eigenvalue weighted by atomic mass is 10.1. The van der Waals surface area contributed by atoms with Crippen LogP contribution in [0.5, 0.6) is 11.5 Å². The summed E-state index contributed by atoms with van der Waals surface area (Å²) in [5.74, 6) is 0.109. The number of nitrogens with one attached hydrogen (secondary N) is 1. The molecule has 1 fully saturated rings. The van der Waals surface area contributed by atoms with E-state index >= 15 is 0 Å². The molecule has 0 atom stereocenters. The Labute approximate surface area is 186 Å². The maximum atomic E-state index is 14.0. The SMILES string of the molecule is COc1ccc(OCC(=O)Nc2ccc3nc(N4CCN(C)CC4)nc(C)c3c2)c(F)c1. The predicted molar refractivity (Wildman–Crippen MR) is 121 cm³/mol. The van der Waals surface area contributed by atoms with Gasteiger partial charge in [0.15, 0.2) is 18.2 Å². The molecule has 2 aromatic carbocycles. The van der Waals surface area contributed by atoms with Gasteiger partial charge in [-0.25, -0.2) is 14.4 Å². The van der Waals surface area contributed by atoms with Gasteiger partial charge in [-0.15, -0.1) is 0 Å². The molecule has 1 aliphatic rings. The first-order chi connectivity index (χ1) is 15.4. The highest BCUT2D eigenvalue weighted by Crippen LogP contribution is 2.24. The van der Waals surface area contributed by atoms with Gasteiger partial charge < -0.3 is 24.6 Å². The van der Waals surface area contributed by atoms with Gasteiger partial charge >= 0.3 is 0 Å². The number of aryl methyl sites for hydroxylation is 1. The lowest BCUT2D eigenvalue weighted by molar-refractivity contribution is -0.118. The molecule has 1 amide bonds. The number of ether oxygens (including phenoxy) is 2. The molecule has 0 bridgehead atoms. The van der Waals surface area contributed by atoms with Gasteiger partial charge in [0, 0.05) is 43.3 Å². The lowest BCUT2D eigenvalue weighted by Crippen LogP contribution is -2.45. The van der Waals surface area contributed by atoms with Crippen LogP contribution in [-0.2, 0) is 4.79 Å². The summed E-state index contributed by atoms with van der Waals surface area (Å²) in [4.78, 5) is 26.2. The monoisotopic (exact) mass is 439 g/mol. The van der Waals surface area contributed by atoms with E-state index in [2.05, 4.69) is 27.1 Å². The molecule has 0 spiro atoms.